The quantitative estimate of drug-likeness (QED) is 0.0684. The molecule has 0 N–H and O–H groups in total. The number of hydrogen-bond donors (Lipinski definition) is 0. The first-order valence-corrected chi connectivity index (χ1v) is 32.7. The number of aromatic carboxylic acids is 3. The van der Waals surface area contributed by atoms with Crippen molar-refractivity contribution in [3.8, 4) is 0 Å². The minimum absolute atomic E-state index is 0. The van der Waals surface area contributed by atoms with Crippen LogP contribution in [0, 0.1) is 160 Å². The van der Waals surface area contributed by atoms with E-state index in [2.05, 4.69) is 0 Å². The molecule has 0 unspecified atom stereocenters. The van der Waals surface area contributed by atoms with Crippen LogP contribution in [0.4, 0.5) is 0 Å². The third-order valence-electron chi connectivity index (χ3n) is 16.7. The Morgan fingerprint density at radius 1 is 0.208 bits per heavy atom. The van der Waals surface area contributed by atoms with Crippen molar-refractivity contribution < 1.29 is 279 Å². The molecule has 0 bridgehead atoms. The maximum absolute atomic E-state index is 11.2. The number of rotatable bonds is 27. The largest absolute Gasteiger partial charge is 3.00 e. The average molecular weight is 2060 g/mol. The molecule has 3 aliphatic rings. The van der Waals surface area contributed by atoms with Crippen LogP contribution in [0.2, 0.25) is 0 Å². The Balaban J connectivity index is 0.00000153. The van der Waals surface area contributed by atoms with Crippen LogP contribution in [-0.2, 0) is 62.8 Å². The summed E-state index contributed by atoms with van der Waals surface area (Å²) in [7, 11) is 0. The molecule has 0 spiro atoms. The molecule has 0 saturated carbocycles. The van der Waals surface area contributed by atoms with Gasteiger partial charge in [0.05, 0.1) is 71.6 Å². The molecule has 3 heterocycles. The summed E-state index contributed by atoms with van der Waals surface area (Å²) in [6.45, 7) is 5.43. The Hall–Kier alpha value is -3.88. The molecule has 0 aliphatic carbocycles. The first-order valence-electron chi connectivity index (χ1n) is 32.7. The van der Waals surface area contributed by atoms with Crippen molar-refractivity contribution in [2.45, 2.75) is 19.6 Å². The maximum Gasteiger partial charge on any atom is 3.00 e. The van der Waals surface area contributed by atoms with Crippen molar-refractivity contribution in [1.82, 2.24) is 58.8 Å². The predicted molar refractivity (Wildman–Crippen MR) is 331 cm³/mol. The first kappa shape index (κ1) is 102. The van der Waals surface area contributed by atoms with E-state index >= 15 is 0 Å². The number of aliphatic carboxylic acids is 9. The van der Waals surface area contributed by atoms with Gasteiger partial charge in [0.25, 0.3) is 0 Å². The van der Waals surface area contributed by atoms with Crippen molar-refractivity contribution in [1.29, 1.82) is 0 Å². The summed E-state index contributed by atoms with van der Waals surface area (Å²) in [5, 5.41) is 134. The summed E-state index contributed by atoms with van der Waals surface area (Å²) < 4.78 is 0. The van der Waals surface area contributed by atoms with Crippen LogP contribution in [0.25, 0.3) is 0 Å². The summed E-state index contributed by atoms with van der Waals surface area (Å²) in [5.74, 6) is -15.3. The minimum Gasteiger partial charge on any atom is -0.549 e. The third kappa shape index (κ3) is 46.1. The SMILES string of the molecule is O=C([O-])CN1CCN(CC(=O)[O-])CCN(Cc2cccc(C(=O)[O-])c2)CCN(CC(=O)[O-])CC1.O=C([O-])CN1CCN(CC(=O)[O-])CCN(Cc2cccc(C(=O)[O-])c2)CCN(CC(=O)[O-])CC1.O=C([O-])CN1CCN(CC(=O)[O-])CCN(Cc2cccc(C(=O)[O-])c2)CCN(CC(=O)[O-])CC1.[Gd+3].[Gd+3].[Gd+3].[Gd+3]. The van der Waals surface area contributed by atoms with Crippen molar-refractivity contribution in [2.75, 3.05) is 216 Å². The molecular formula is C66H84Gd4N12O24. The Morgan fingerprint density at radius 3 is 0.443 bits per heavy atom. The second-order valence-electron chi connectivity index (χ2n) is 24.6. The number of carbonyl (C=O) groups is 12. The number of carboxylic acid groups (broad SMARTS) is 12. The van der Waals surface area contributed by atoms with Gasteiger partial charge in [0, 0.05) is 236 Å². The smallest absolute Gasteiger partial charge is 0.549 e. The summed E-state index contributed by atoms with van der Waals surface area (Å²) >= 11 is 0. The monoisotopic (exact) mass is 2060 g/mol. The number of carbonyl (C=O) groups excluding carboxylic acids is 12. The Labute approximate surface area is 741 Å². The van der Waals surface area contributed by atoms with Crippen LogP contribution in [0.5, 0.6) is 0 Å². The maximum atomic E-state index is 11.2. The van der Waals surface area contributed by atoms with E-state index in [1.165, 1.54) is 36.4 Å². The Bertz CT molecular complexity index is 2860. The fraction of sp³-hybridized carbons (Fsp3) is 0.545. The average Bonchev–Trinajstić information content (AvgIpc) is 0.880. The van der Waals surface area contributed by atoms with Crippen molar-refractivity contribution >= 4 is 71.6 Å². The van der Waals surface area contributed by atoms with E-state index in [-0.39, 0.29) is 314 Å². The molecule has 4 radical (unpaired) electrons. The van der Waals surface area contributed by atoms with E-state index in [1.807, 2.05) is 14.7 Å². The molecule has 3 aromatic carbocycles. The Morgan fingerprint density at radius 2 is 0.330 bits per heavy atom. The molecule has 36 nitrogen and oxygen atoms in total. The first-order chi connectivity index (χ1) is 48.4. The van der Waals surface area contributed by atoms with Gasteiger partial charge in [0.1, 0.15) is 0 Å². The van der Waals surface area contributed by atoms with Crippen LogP contribution < -0.4 is 61.3 Å². The van der Waals surface area contributed by atoms with Crippen molar-refractivity contribution in [2.24, 2.45) is 0 Å². The molecule has 0 atom stereocenters. The number of benzene rings is 3. The van der Waals surface area contributed by atoms with Gasteiger partial charge >= 0.3 is 160 Å². The van der Waals surface area contributed by atoms with E-state index in [0.717, 1.165) is 0 Å². The molecule has 3 aromatic rings. The van der Waals surface area contributed by atoms with Crippen LogP contribution >= 0.6 is 0 Å². The van der Waals surface area contributed by atoms with E-state index in [1.54, 1.807) is 80.5 Å². The fourth-order valence-electron chi connectivity index (χ4n) is 11.4. The van der Waals surface area contributed by atoms with Crippen LogP contribution in [0.1, 0.15) is 47.8 Å². The van der Waals surface area contributed by atoms with Crippen LogP contribution in [0.15, 0.2) is 72.8 Å². The van der Waals surface area contributed by atoms with Gasteiger partial charge in [-0.25, -0.2) is 0 Å². The second-order valence-corrected chi connectivity index (χ2v) is 24.6. The molecule has 3 fully saturated rings. The van der Waals surface area contributed by atoms with Gasteiger partial charge in [0.2, 0.25) is 0 Å². The third-order valence-corrected chi connectivity index (χ3v) is 16.7. The molecule has 106 heavy (non-hydrogen) atoms. The number of nitrogens with zero attached hydrogens (tertiary/aromatic N) is 12. The molecule has 6 rings (SSSR count). The zero-order chi connectivity index (χ0) is 75.3. The minimum atomic E-state index is -1.29. The van der Waals surface area contributed by atoms with Gasteiger partial charge in [-0.1, -0.05) is 54.6 Å². The van der Waals surface area contributed by atoms with E-state index in [9.17, 15) is 119 Å². The number of carboxylic acids is 12. The van der Waals surface area contributed by atoms with Gasteiger partial charge in [-0.3, -0.25) is 58.8 Å². The van der Waals surface area contributed by atoms with Crippen molar-refractivity contribution in [3.05, 3.63) is 106 Å². The second kappa shape index (κ2) is 56.3. The number of hydrogen-bond acceptors (Lipinski definition) is 36. The molecule has 3 saturated heterocycles. The van der Waals surface area contributed by atoms with Crippen molar-refractivity contribution in [3.63, 3.8) is 0 Å². The molecule has 0 aromatic heterocycles. The van der Waals surface area contributed by atoms with Crippen LogP contribution in [0.3, 0.4) is 0 Å². The summed E-state index contributed by atoms with van der Waals surface area (Å²) in [6, 6.07) is 18.9. The van der Waals surface area contributed by atoms with Gasteiger partial charge in [-0.05, 0) is 51.6 Å². The molecule has 3 aliphatic heterocycles. The summed E-state index contributed by atoms with van der Waals surface area (Å²) in [5.41, 5.74) is 2.26. The molecule has 584 valence electrons. The van der Waals surface area contributed by atoms with Crippen LogP contribution in [-0.4, -0.2) is 346 Å². The van der Waals surface area contributed by atoms with Gasteiger partial charge in [-0.2, -0.15) is 0 Å². The van der Waals surface area contributed by atoms with Gasteiger partial charge < -0.3 is 119 Å². The molecule has 0 amide bonds. The fourth-order valence-corrected chi connectivity index (χ4v) is 11.4. The van der Waals surface area contributed by atoms with Gasteiger partial charge in [0.15, 0.2) is 0 Å². The molecule has 40 heteroatoms. The summed E-state index contributed by atoms with van der Waals surface area (Å²) in [4.78, 5) is 155. The van der Waals surface area contributed by atoms with E-state index in [4.69, 9.17) is 0 Å². The van der Waals surface area contributed by atoms with E-state index < -0.39 is 71.6 Å². The summed E-state index contributed by atoms with van der Waals surface area (Å²) in [6.07, 6.45) is 0. The zero-order valence-corrected chi connectivity index (χ0v) is 67.0. The Kier molecular flexibility index (Phi) is 54.3. The standard InChI is InChI=1S/3C22H32N4O8.4Gd/c3*27-19(28)14-24-6-4-23(13-17-2-1-3-18(12-17)22(33)34)5-7-25(15-20(29)30)9-11-26(10-8-24)16-21(31)32;;;;/h3*1-3,12H,4-11,13-16H2,(H,27,28)(H,29,30)(H,31,32)(H,33,34);;;;/q;;;4*+3/p-12. The zero-order valence-electron chi connectivity index (χ0n) is 58.0. The van der Waals surface area contributed by atoms with E-state index in [0.29, 0.717) is 115 Å². The predicted octanol–water partition coefficient (Wildman–Crippen LogP) is -17.9. The normalized spacial score (nSPS) is 17.3. The van der Waals surface area contributed by atoms with Gasteiger partial charge in [-0.15, -0.1) is 0 Å². The molecular weight excluding hydrogens is 1970 g/mol. The topological polar surface area (TPSA) is 520 Å².